The molecule has 0 N–H and O–H groups in total. The van der Waals surface area contributed by atoms with Crippen molar-refractivity contribution in [2.24, 2.45) is 5.92 Å². The van der Waals surface area contributed by atoms with Gasteiger partial charge in [-0.3, -0.25) is 14.5 Å². The number of carbonyl (C=O) groups is 2. The summed E-state index contributed by atoms with van der Waals surface area (Å²) < 4.78 is 27.7. The summed E-state index contributed by atoms with van der Waals surface area (Å²) in [5.74, 6) is -0.667. The second-order valence-corrected chi connectivity index (χ2v) is 7.73. The Balaban J connectivity index is 1.68. The highest BCUT2D eigenvalue weighted by Gasteiger charge is 2.30. The molecule has 0 spiro atoms. The minimum atomic E-state index is -2.88. The molecule has 20 heavy (non-hydrogen) atoms. The second-order valence-electron chi connectivity index (χ2n) is 5.43. The van der Waals surface area contributed by atoms with Crippen LogP contribution in [0.1, 0.15) is 25.7 Å². The van der Waals surface area contributed by atoms with Crippen LogP contribution in [0.15, 0.2) is 0 Å². The van der Waals surface area contributed by atoms with Gasteiger partial charge in [0.15, 0.2) is 9.84 Å². The van der Waals surface area contributed by atoms with Gasteiger partial charge in [-0.2, -0.15) is 0 Å². The minimum Gasteiger partial charge on any atom is -0.464 e. The number of Topliss-reactive ketones (excluding diaryl/α,β-unsaturated/α-hetero) is 1. The fourth-order valence-electron chi connectivity index (χ4n) is 2.58. The number of hydrogen-bond acceptors (Lipinski definition) is 6. The van der Waals surface area contributed by atoms with Crippen LogP contribution in [-0.4, -0.2) is 62.8 Å². The molecule has 1 aliphatic heterocycles. The molecular weight excluding hydrogens is 282 g/mol. The van der Waals surface area contributed by atoms with Crippen molar-refractivity contribution in [1.29, 1.82) is 0 Å². The van der Waals surface area contributed by atoms with E-state index in [1.165, 1.54) is 0 Å². The van der Waals surface area contributed by atoms with Gasteiger partial charge in [0.05, 0.1) is 11.5 Å². The van der Waals surface area contributed by atoms with Crippen molar-refractivity contribution in [1.82, 2.24) is 4.90 Å². The molecule has 114 valence electrons. The van der Waals surface area contributed by atoms with Crippen molar-refractivity contribution in [3.63, 3.8) is 0 Å². The van der Waals surface area contributed by atoms with E-state index in [4.69, 9.17) is 4.74 Å². The van der Waals surface area contributed by atoms with Crippen molar-refractivity contribution in [3.8, 4) is 0 Å². The first-order valence-corrected chi connectivity index (χ1v) is 8.92. The van der Waals surface area contributed by atoms with Gasteiger partial charge in [0.25, 0.3) is 0 Å². The monoisotopic (exact) mass is 303 g/mol. The van der Waals surface area contributed by atoms with Crippen LogP contribution in [0.4, 0.5) is 0 Å². The first-order chi connectivity index (χ1) is 9.48. The van der Waals surface area contributed by atoms with Gasteiger partial charge in [0.1, 0.15) is 18.3 Å². The summed E-state index contributed by atoms with van der Waals surface area (Å²) in [6.07, 6.45) is 2.84. The van der Waals surface area contributed by atoms with Crippen LogP contribution in [0.2, 0.25) is 0 Å². The number of sulfone groups is 1. The second kappa shape index (κ2) is 6.67. The fourth-order valence-corrected chi connectivity index (χ4v) is 3.86. The van der Waals surface area contributed by atoms with Crippen molar-refractivity contribution >= 4 is 21.6 Å². The summed E-state index contributed by atoms with van der Waals surface area (Å²) in [5.41, 5.74) is 0. The van der Waals surface area contributed by atoms with E-state index >= 15 is 0 Å². The highest BCUT2D eigenvalue weighted by atomic mass is 32.2. The van der Waals surface area contributed by atoms with Gasteiger partial charge < -0.3 is 4.74 Å². The zero-order valence-electron chi connectivity index (χ0n) is 11.5. The first kappa shape index (κ1) is 15.4. The SMILES string of the molecule is O=C1CCCCC1C(=O)OCCN1CCS(=O)(=O)CC1. The van der Waals surface area contributed by atoms with Gasteiger partial charge in [-0.1, -0.05) is 6.42 Å². The summed E-state index contributed by atoms with van der Waals surface area (Å²) in [6, 6.07) is 0. The maximum Gasteiger partial charge on any atom is 0.316 e. The Kier molecular flexibility index (Phi) is 5.15. The van der Waals surface area contributed by atoms with E-state index in [0.717, 1.165) is 12.8 Å². The third kappa shape index (κ3) is 4.28. The summed E-state index contributed by atoms with van der Waals surface area (Å²) in [4.78, 5) is 25.4. The predicted octanol–water partition coefficient (Wildman–Crippen LogP) is 0.0193. The van der Waals surface area contributed by atoms with Gasteiger partial charge in [-0.05, 0) is 12.8 Å². The molecule has 2 aliphatic rings. The Bertz CT molecular complexity index is 459. The van der Waals surface area contributed by atoms with Crippen LogP contribution in [0.3, 0.4) is 0 Å². The number of rotatable bonds is 4. The normalized spacial score (nSPS) is 27.2. The molecule has 7 heteroatoms. The van der Waals surface area contributed by atoms with Gasteiger partial charge in [0.2, 0.25) is 0 Å². The fraction of sp³-hybridized carbons (Fsp3) is 0.846. The number of ether oxygens (including phenoxy) is 1. The highest BCUT2D eigenvalue weighted by Crippen LogP contribution is 2.21. The number of ketones is 1. The van der Waals surface area contributed by atoms with Crippen LogP contribution < -0.4 is 0 Å². The standard InChI is InChI=1S/C13H21NO5S/c15-12-4-2-1-3-11(12)13(16)19-8-5-14-6-9-20(17,18)10-7-14/h11H,1-10H2. The molecular formula is C13H21NO5S. The van der Waals surface area contributed by atoms with Crippen LogP contribution in [0, 0.1) is 5.92 Å². The average Bonchev–Trinajstić information content (AvgIpc) is 2.41. The predicted molar refractivity (Wildman–Crippen MR) is 73.0 cm³/mol. The molecule has 2 fully saturated rings. The molecule has 0 radical (unpaired) electrons. The van der Waals surface area contributed by atoms with Crippen LogP contribution in [0.5, 0.6) is 0 Å². The molecule has 2 rings (SSSR count). The lowest BCUT2D eigenvalue weighted by Crippen LogP contribution is -2.42. The van der Waals surface area contributed by atoms with Gasteiger partial charge in [-0.25, -0.2) is 8.42 Å². The molecule has 1 unspecified atom stereocenters. The van der Waals surface area contributed by atoms with E-state index in [0.29, 0.717) is 32.5 Å². The van der Waals surface area contributed by atoms with Crippen LogP contribution in [-0.2, 0) is 24.2 Å². The summed E-state index contributed by atoms with van der Waals surface area (Å²) >= 11 is 0. The largest absolute Gasteiger partial charge is 0.464 e. The first-order valence-electron chi connectivity index (χ1n) is 7.10. The van der Waals surface area contributed by atoms with Crippen molar-refractivity contribution in [2.45, 2.75) is 25.7 Å². The van der Waals surface area contributed by atoms with E-state index in [-0.39, 0.29) is 23.9 Å². The molecule has 0 aromatic heterocycles. The molecule has 1 saturated carbocycles. The molecule has 0 amide bonds. The van der Waals surface area contributed by atoms with Gasteiger partial charge >= 0.3 is 5.97 Å². The maximum atomic E-state index is 11.8. The molecule has 0 aromatic carbocycles. The summed E-state index contributed by atoms with van der Waals surface area (Å²) in [5, 5.41) is 0. The van der Waals surface area contributed by atoms with E-state index in [9.17, 15) is 18.0 Å². The van der Waals surface area contributed by atoms with Gasteiger partial charge in [0, 0.05) is 26.1 Å². The van der Waals surface area contributed by atoms with E-state index in [2.05, 4.69) is 0 Å². The zero-order valence-corrected chi connectivity index (χ0v) is 12.4. The number of hydrogen-bond donors (Lipinski definition) is 0. The average molecular weight is 303 g/mol. The number of esters is 1. The zero-order chi connectivity index (χ0) is 14.6. The highest BCUT2D eigenvalue weighted by molar-refractivity contribution is 7.91. The lowest BCUT2D eigenvalue weighted by molar-refractivity contribution is -0.153. The lowest BCUT2D eigenvalue weighted by atomic mass is 9.88. The lowest BCUT2D eigenvalue weighted by Gasteiger charge is -2.26. The van der Waals surface area contributed by atoms with E-state index in [1.54, 1.807) is 0 Å². The Hall–Kier alpha value is -0.950. The molecule has 0 aromatic rings. The van der Waals surface area contributed by atoms with E-state index < -0.39 is 21.7 Å². The van der Waals surface area contributed by atoms with Crippen molar-refractivity contribution in [3.05, 3.63) is 0 Å². The Morgan fingerprint density at radius 3 is 2.60 bits per heavy atom. The molecule has 1 aliphatic carbocycles. The van der Waals surface area contributed by atoms with Crippen molar-refractivity contribution in [2.75, 3.05) is 37.7 Å². The molecule has 1 saturated heterocycles. The molecule has 1 heterocycles. The molecule has 6 nitrogen and oxygen atoms in total. The Morgan fingerprint density at radius 1 is 1.25 bits per heavy atom. The molecule has 0 bridgehead atoms. The Labute approximate surface area is 119 Å². The Morgan fingerprint density at radius 2 is 1.95 bits per heavy atom. The molecule has 1 atom stereocenters. The van der Waals surface area contributed by atoms with Gasteiger partial charge in [-0.15, -0.1) is 0 Å². The smallest absolute Gasteiger partial charge is 0.316 e. The van der Waals surface area contributed by atoms with Crippen LogP contribution >= 0.6 is 0 Å². The van der Waals surface area contributed by atoms with Crippen LogP contribution in [0.25, 0.3) is 0 Å². The van der Waals surface area contributed by atoms with E-state index in [1.807, 2.05) is 4.90 Å². The number of carbonyl (C=O) groups excluding carboxylic acids is 2. The topological polar surface area (TPSA) is 80.8 Å². The maximum absolute atomic E-state index is 11.8. The number of nitrogens with zero attached hydrogens (tertiary/aromatic N) is 1. The third-order valence-corrected chi connectivity index (χ3v) is 5.54. The third-order valence-electron chi connectivity index (χ3n) is 3.93. The van der Waals surface area contributed by atoms with Crippen molar-refractivity contribution < 1.29 is 22.7 Å². The quantitative estimate of drug-likeness (QED) is 0.538. The minimum absolute atomic E-state index is 0.00897. The summed E-state index contributed by atoms with van der Waals surface area (Å²) in [7, 11) is -2.88. The summed E-state index contributed by atoms with van der Waals surface area (Å²) in [6.45, 7) is 1.73.